The van der Waals surface area contributed by atoms with Gasteiger partial charge in [-0.05, 0) is 37.3 Å². The van der Waals surface area contributed by atoms with Crippen LogP contribution in [0.4, 0.5) is 13.2 Å². The lowest BCUT2D eigenvalue weighted by atomic mass is 10.2. The second-order valence-corrected chi connectivity index (χ2v) is 4.68. The minimum atomic E-state index is -4.35. The van der Waals surface area contributed by atoms with E-state index < -0.39 is 11.7 Å². The number of halogens is 3. The maximum Gasteiger partial charge on any atom is 0.416 e. The van der Waals surface area contributed by atoms with Crippen molar-refractivity contribution in [2.75, 3.05) is 0 Å². The summed E-state index contributed by atoms with van der Waals surface area (Å²) in [6, 6.07) is 10.9. The van der Waals surface area contributed by atoms with Gasteiger partial charge in [0.15, 0.2) is 0 Å². The molecule has 5 heteroatoms. The third-order valence-electron chi connectivity index (χ3n) is 3.10. The summed E-state index contributed by atoms with van der Waals surface area (Å²) in [5.41, 5.74) is 1.56. The summed E-state index contributed by atoms with van der Waals surface area (Å²) in [7, 11) is 0. The van der Waals surface area contributed by atoms with E-state index in [-0.39, 0.29) is 0 Å². The van der Waals surface area contributed by atoms with Gasteiger partial charge in [-0.15, -0.1) is 0 Å². The quantitative estimate of drug-likeness (QED) is 0.646. The maximum atomic E-state index is 12.7. The zero-order valence-electron chi connectivity index (χ0n) is 10.6. The third-order valence-corrected chi connectivity index (χ3v) is 3.10. The van der Waals surface area contributed by atoms with Crippen LogP contribution in [-0.4, -0.2) is 9.78 Å². The highest BCUT2D eigenvalue weighted by molar-refractivity contribution is 5.79. The van der Waals surface area contributed by atoms with Crippen LogP contribution >= 0.6 is 0 Å². The smallest absolute Gasteiger partial charge is 0.240 e. The number of aryl methyl sites for hydroxylation is 1. The lowest BCUT2D eigenvalue weighted by Crippen LogP contribution is -2.06. The Labute approximate surface area is 113 Å². The zero-order valence-corrected chi connectivity index (χ0v) is 10.6. The van der Waals surface area contributed by atoms with Crippen LogP contribution in [0, 0.1) is 6.92 Å². The predicted molar refractivity (Wildman–Crippen MR) is 70.8 cm³/mol. The minimum Gasteiger partial charge on any atom is -0.240 e. The van der Waals surface area contributed by atoms with E-state index in [0.717, 1.165) is 28.6 Å². The van der Waals surface area contributed by atoms with Gasteiger partial charge in [0, 0.05) is 11.6 Å². The largest absolute Gasteiger partial charge is 0.416 e. The summed E-state index contributed by atoms with van der Waals surface area (Å²) >= 11 is 0. The van der Waals surface area contributed by atoms with E-state index in [2.05, 4.69) is 5.10 Å². The summed E-state index contributed by atoms with van der Waals surface area (Å²) < 4.78 is 39.6. The first-order chi connectivity index (χ1) is 9.43. The molecular weight excluding hydrogens is 265 g/mol. The Hall–Kier alpha value is -2.30. The van der Waals surface area contributed by atoms with Gasteiger partial charge in [0.2, 0.25) is 0 Å². The molecule has 0 amide bonds. The molecule has 0 atom stereocenters. The van der Waals surface area contributed by atoms with Crippen molar-refractivity contribution in [3.05, 3.63) is 59.8 Å². The van der Waals surface area contributed by atoms with Crippen molar-refractivity contribution < 1.29 is 13.2 Å². The fourth-order valence-corrected chi connectivity index (χ4v) is 2.10. The Balaban J connectivity index is 2.11. The molecule has 0 N–H and O–H groups in total. The lowest BCUT2D eigenvalue weighted by Gasteiger charge is -2.08. The highest BCUT2D eigenvalue weighted by Gasteiger charge is 2.30. The van der Waals surface area contributed by atoms with Gasteiger partial charge in [-0.2, -0.15) is 18.3 Å². The van der Waals surface area contributed by atoms with Crippen LogP contribution in [0.25, 0.3) is 16.6 Å². The Morgan fingerprint density at radius 1 is 1.05 bits per heavy atom. The molecule has 1 aromatic heterocycles. The van der Waals surface area contributed by atoms with E-state index >= 15 is 0 Å². The van der Waals surface area contributed by atoms with E-state index in [1.807, 2.05) is 25.1 Å². The molecule has 0 aliphatic carbocycles. The molecule has 0 spiro atoms. The van der Waals surface area contributed by atoms with Crippen LogP contribution in [0.2, 0.25) is 0 Å². The number of fused-ring (bicyclic) bond motifs is 1. The first kappa shape index (κ1) is 12.7. The molecule has 0 saturated heterocycles. The van der Waals surface area contributed by atoms with Gasteiger partial charge in [0.05, 0.1) is 16.8 Å². The second-order valence-electron chi connectivity index (χ2n) is 4.68. The lowest BCUT2D eigenvalue weighted by molar-refractivity contribution is -0.137. The molecule has 3 aromatic rings. The van der Waals surface area contributed by atoms with Gasteiger partial charge in [-0.3, -0.25) is 0 Å². The molecule has 0 aliphatic rings. The van der Waals surface area contributed by atoms with Crippen LogP contribution in [0.15, 0.2) is 48.7 Å². The molecule has 1 heterocycles. The van der Waals surface area contributed by atoms with E-state index in [0.29, 0.717) is 5.69 Å². The first-order valence-corrected chi connectivity index (χ1v) is 6.07. The molecule has 0 saturated carbocycles. The topological polar surface area (TPSA) is 17.8 Å². The van der Waals surface area contributed by atoms with E-state index in [9.17, 15) is 13.2 Å². The standard InChI is InChI=1S/C15H11F3N2/c1-10-5-6-14-11(7-10)9-20(19-14)13-4-2-3-12(8-13)15(16,17)18/h2-9H,1H3. The van der Waals surface area contributed by atoms with Crippen LogP contribution in [0.5, 0.6) is 0 Å². The van der Waals surface area contributed by atoms with Gasteiger partial charge in [0.1, 0.15) is 0 Å². The summed E-state index contributed by atoms with van der Waals surface area (Å²) in [6.45, 7) is 1.96. The summed E-state index contributed by atoms with van der Waals surface area (Å²) in [6.07, 6.45) is -2.61. The number of rotatable bonds is 1. The molecule has 2 aromatic carbocycles. The van der Waals surface area contributed by atoms with Gasteiger partial charge >= 0.3 is 6.18 Å². The molecule has 102 valence electrons. The summed E-state index contributed by atoms with van der Waals surface area (Å²) in [5, 5.41) is 5.20. The van der Waals surface area contributed by atoms with Crippen LogP contribution in [0.3, 0.4) is 0 Å². The summed E-state index contributed by atoms with van der Waals surface area (Å²) in [4.78, 5) is 0. The molecule has 0 unspecified atom stereocenters. The van der Waals surface area contributed by atoms with Gasteiger partial charge < -0.3 is 0 Å². The van der Waals surface area contributed by atoms with Crippen molar-refractivity contribution in [3.8, 4) is 5.69 Å². The Kier molecular flexibility index (Phi) is 2.78. The van der Waals surface area contributed by atoms with Crippen molar-refractivity contribution in [2.24, 2.45) is 0 Å². The monoisotopic (exact) mass is 276 g/mol. The van der Waals surface area contributed by atoms with Crippen LogP contribution in [0.1, 0.15) is 11.1 Å². The van der Waals surface area contributed by atoms with Crippen molar-refractivity contribution in [1.82, 2.24) is 9.78 Å². The SMILES string of the molecule is Cc1ccc2nn(-c3cccc(C(F)(F)F)c3)cc2c1. The van der Waals surface area contributed by atoms with Crippen LogP contribution < -0.4 is 0 Å². The maximum absolute atomic E-state index is 12.7. The Morgan fingerprint density at radius 2 is 1.85 bits per heavy atom. The van der Waals surface area contributed by atoms with Gasteiger partial charge in [-0.1, -0.05) is 17.7 Å². The minimum absolute atomic E-state index is 0.397. The predicted octanol–water partition coefficient (Wildman–Crippen LogP) is 4.35. The molecule has 0 radical (unpaired) electrons. The number of benzene rings is 2. The molecule has 0 bridgehead atoms. The number of aromatic nitrogens is 2. The first-order valence-electron chi connectivity index (χ1n) is 6.07. The van der Waals surface area contributed by atoms with Crippen molar-refractivity contribution in [1.29, 1.82) is 0 Å². The van der Waals surface area contributed by atoms with Crippen LogP contribution in [-0.2, 0) is 6.18 Å². The highest BCUT2D eigenvalue weighted by atomic mass is 19.4. The van der Waals surface area contributed by atoms with Crippen molar-refractivity contribution in [2.45, 2.75) is 13.1 Å². The average molecular weight is 276 g/mol. The second kappa shape index (κ2) is 4.37. The zero-order chi connectivity index (χ0) is 14.3. The Morgan fingerprint density at radius 3 is 2.60 bits per heavy atom. The third kappa shape index (κ3) is 2.27. The molecule has 20 heavy (non-hydrogen) atoms. The van der Waals surface area contributed by atoms with E-state index in [4.69, 9.17) is 0 Å². The number of hydrogen-bond acceptors (Lipinski definition) is 1. The molecular formula is C15H11F3N2. The molecule has 0 aliphatic heterocycles. The number of alkyl halides is 3. The van der Waals surface area contributed by atoms with Crippen molar-refractivity contribution >= 4 is 10.9 Å². The molecule has 3 rings (SSSR count). The number of nitrogens with zero attached hydrogens (tertiary/aromatic N) is 2. The van der Waals surface area contributed by atoms with E-state index in [1.165, 1.54) is 10.7 Å². The molecule has 0 fully saturated rings. The fraction of sp³-hybridized carbons (Fsp3) is 0.133. The molecule has 2 nitrogen and oxygen atoms in total. The highest BCUT2D eigenvalue weighted by Crippen LogP contribution is 2.30. The van der Waals surface area contributed by atoms with Gasteiger partial charge in [-0.25, -0.2) is 4.68 Å². The Bertz CT molecular complexity index is 772. The normalized spacial score (nSPS) is 12.0. The van der Waals surface area contributed by atoms with Crippen molar-refractivity contribution in [3.63, 3.8) is 0 Å². The van der Waals surface area contributed by atoms with E-state index in [1.54, 1.807) is 12.3 Å². The summed E-state index contributed by atoms with van der Waals surface area (Å²) in [5.74, 6) is 0. The van der Waals surface area contributed by atoms with Gasteiger partial charge in [0.25, 0.3) is 0 Å². The fourth-order valence-electron chi connectivity index (χ4n) is 2.10. The average Bonchev–Trinajstić information content (AvgIpc) is 2.81. The number of hydrogen-bond donors (Lipinski definition) is 0.